The van der Waals surface area contributed by atoms with Gasteiger partial charge in [0.05, 0.1) is 0 Å². The van der Waals surface area contributed by atoms with Gasteiger partial charge < -0.3 is 0 Å². The quantitative estimate of drug-likeness (QED) is 0.182. The first-order valence-electron chi connectivity index (χ1n) is 1.99. The van der Waals surface area contributed by atoms with Gasteiger partial charge in [-0.25, -0.2) is 0 Å². The first-order valence-corrected chi connectivity index (χ1v) is 2.97. The van der Waals surface area contributed by atoms with Gasteiger partial charge in [-0.15, -0.1) is 12.6 Å². The van der Waals surface area contributed by atoms with E-state index in [9.17, 15) is 4.79 Å². The van der Waals surface area contributed by atoms with Gasteiger partial charge in [0.25, 0.3) is 0 Å². The predicted molar refractivity (Wildman–Crippen MR) is 43.8 cm³/mol. The Balaban J connectivity index is 0. The van der Waals surface area contributed by atoms with Crippen LogP contribution in [0.2, 0.25) is 0 Å². The summed E-state index contributed by atoms with van der Waals surface area (Å²) in [6.45, 7) is 1.36. The van der Waals surface area contributed by atoms with Crippen molar-refractivity contribution in [1.29, 1.82) is 0 Å². The van der Waals surface area contributed by atoms with Gasteiger partial charge in [0.2, 0.25) is 5.91 Å². The van der Waals surface area contributed by atoms with E-state index >= 15 is 0 Å². The van der Waals surface area contributed by atoms with Gasteiger partial charge in [-0.05, 0) is 0 Å². The lowest BCUT2D eigenvalue weighted by Gasteiger charge is -1.91. The minimum atomic E-state index is -0.197. The van der Waals surface area contributed by atoms with E-state index < -0.39 is 0 Å². The van der Waals surface area contributed by atoms with Crippen molar-refractivity contribution in [1.82, 2.24) is 11.0 Å². The van der Waals surface area contributed by atoms with Crippen molar-refractivity contribution >= 4 is 35.5 Å². The molecule has 0 saturated carbocycles. The van der Waals surface area contributed by atoms with E-state index in [1.165, 1.54) is 11.6 Å². The van der Waals surface area contributed by atoms with E-state index in [4.69, 9.17) is 0 Å². The Morgan fingerprint density at radius 3 is 2.22 bits per heavy atom. The molecule has 0 fully saturated rings. The normalized spacial score (nSPS) is 6.56. The molecule has 4 N–H and O–H groups in total. The molecule has 0 aliphatic rings. The van der Waals surface area contributed by atoms with Crippen LogP contribution in [0.1, 0.15) is 6.92 Å². The van der Waals surface area contributed by atoms with Crippen LogP contribution in [0.15, 0.2) is 0 Å². The van der Waals surface area contributed by atoms with E-state index in [0.29, 0.717) is 0 Å². The molecule has 0 aliphatic carbocycles. The number of hydrogen-bond donors (Lipinski definition) is 4. The molecule has 0 atom stereocenters. The Kier molecular flexibility index (Phi) is 13.9. The Morgan fingerprint density at radius 2 is 2.22 bits per heavy atom. The Labute approximate surface area is 64.5 Å². The summed E-state index contributed by atoms with van der Waals surface area (Å²) in [6.07, 6.45) is 0. The maximum Gasteiger partial charge on any atom is 0.232 e. The molecule has 6 heteroatoms. The van der Waals surface area contributed by atoms with Crippen molar-refractivity contribution in [3.05, 3.63) is 0 Å². The zero-order valence-electron chi connectivity index (χ0n) is 4.92. The van der Waals surface area contributed by atoms with E-state index in [-0.39, 0.29) is 5.91 Å². The van der Waals surface area contributed by atoms with Crippen molar-refractivity contribution in [3.8, 4) is 0 Å². The highest BCUT2D eigenvalue weighted by molar-refractivity contribution is 8.08. The molecule has 0 saturated heterocycles. The molecule has 0 spiro atoms. The van der Waals surface area contributed by atoms with E-state index in [2.05, 4.69) is 36.1 Å². The summed E-state index contributed by atoms with van der Waals surface area (Å²) in [4.78, 5) is 9.79. The highest BCUT2D eigenvalue weighted by Gasteiger charge is 1.78. The molecule has 0 radical (unpaired) electrons. The Hall–Kier alpha value is -0.170. The number of nitrogens with two attached hydrogens (primary N) is 1. The number of amides is 1. The van der Waals surface area contributed by atoms with Crippen molar-refractivity contribution in [2.45, 2.75) is 6.92 Å². The van der Waals surface area contributed by atoms with Crippen molar-refractivity contribution in [2.24, 2.45) is 5.84 Å². The molecule has 0 aromatic rings. The summed E-state index contributed by atoms with van der Waals surface area (Å²) >= 11 is 7.61. The molecule has 0 aliphatic heterocycles. The van der Waals surface area contributed by atoms with Crippen LogP contribution in [0, 0.1) is 0 Å². The van der Waals surface area contributed by atoms with E-state index in [1.54, 1.807) is 0 Å². The number of rotatable bonds is 1. The maximum absolute atomic E-state index is 9.79. The van der Waals surface area contributed by atoms with Crippen LogP contribution >= 0.6 is 24.8 Å². The predicted octanol–water partition coefficient (Wildman–Crippen LogP) is -0.626. The van der Waals surface area contributed by atoms with Crippen LogP contribution in [0.5, 0.6) is 0 Å². The lowest BCUT2D eigenvalue weighted by atomic mass is 10.8. The van der Waals surface area contributed by atoms with Gasteiger partial charge in [-0.3, -0.25) is 16.1 Å². The second-order valence-electron chi connectivity index (χ2n) is 0.931. The number of hydrazine groups is 2. The average Bonchev–Trinajstić information content (AvgIpc) is 1.67. The molecule has 0 aromatic heterocycles. The number of nitrogens with one attached hydrogen (secondary N) is 2. The minimum absolute atomic E-state index is 0.197. The van der Waals surface area contributed by atoms with Gasteiger partial charge in [0, 0.05) is 11.6 Å². The number of thiocarbonyl (C=S) groups is 1. The fourth-order valence-corrected chi connectivity index (χ4v) is 0.102. The summed E-state index contributed by atoms with van der Waals surface area (Å²) in [5.41, 5.74) is 4.06. The SMILES string of the molecule is CC(=O)NNN.S=CS. The third kappa shape index (κ3) is 33.2. The fourth-order valence-electron chi connectivity index (χ4n) is 0.102. The molecule has 4 nitrogen and oxygen atoms in total. The maximum atomic E-state index is 9.79. The van der Waals surface area contributed by atoms with Gasteiger partial charge in [-0.2, -0.15) is 5.53 Å². The Morgan fingerprint density at radius 1 is 1.89 bits per heavy atom. The largest absolute Gasteiger partial charge is 0.278 e. The zero-order valence-corrected chi connectivity index (χ0v) is 6.63. The van der Waals surface area contributed by atoms with Crippen LogP contribution in [0.25, 0.3) is 0 Å². The van der Waals surface area contributed by atoms with Crippen LogP contribution in [0.3, 0.4) is 0 Å². The third-order valence-corrected chi connectivity index (χ3v) is 0.248. The molecule has 54 valence electrons. The summed E-state index contributed by atoms with van der Waals surface area (Å²) < 4.78 is 1.28. The molecule has 9 heavy (non-hydrogen) atoms. The molecule has 1 amide bonds. The van der Waals surface area contributed by atoms with E-state index in [1.807, 2.05) is 5.53 Å². The van der Waals surface area contributed by atoms with Crippen LogP contribution < -0.4 is 16.8 Å². The van der Waals surface area contributed by atoms with E-state index in [0.717, 1.165) is 0 Å². The monoisotopic (exact) mass is 167 g/mol. The Bertz CT molecular complexity index is 87.1. The highest BCUT2D eigenvalue weighted by atomic mass is 32.1. The van der Waals surface area contributed by atoms with Gasteiger partial charge in [0.15, 0.2) is 0 Å². The number of thiol groups is 1. The summed E-state index contributed by atoms with van der Waals surface area (Å²) in [7, 11) is 0. The van der Waals surface area contributed by atoms with Gasteiger partial charge in [0.1, 0.15) is 0 Å². The average molecular weight is 167 g/mol. The first-order chi connectivity index (χ1) is 4.18. The molecule has 0 bridgehead atoms. The molecular formula is C3H9N3OS2. The van der Waals surface area contributed by atoms with Crippen molar-refractivity contribution in [2.75, 3.05) is 0 Å². The smallest absolute Gasteiger partial charge is 0.232 e. The second-order valence-corrected chi connectivity index (χ2v) is 1.77. The zero-order chi connectivity index (χ0) is 7.70. The molecule has 0 heterocycles. The molecule has 0 rings (SSSR count). The standard InChI is InChI=1S/C2H7N3O.CH2S2/c1-2(6)4-5-3;2-1-3/h5H,3H2,1H3,(H,4,6);1H,(H,2,3). The molecule has 0 aromatic carbocycles. The lowest BCUT2D eigenvalue weighted by molar-refractivity contribution is -0.119. The highest BCUT2D eigenvalue weighted by Crippen LogP contribution is 1.50. The molecule has 0 unspecified atom stereocenters. The van der Waals surface area contributed by atoms with Crippen LogP contribution in [-0.4, -0.2) is 10.6 Å². The summed E-state index contributed by atoms with van der Waals surface area (Å²) in [6, 6.07) is 0. The third-order valence-electron chi connectivity index (χ3n) is 0.248. The van der Waals surface area contributed by atoms with Crippen LogP contribution in [-0.2, 0) is 4.79 Å². The van der Waals surface area contributed by atoms with Crippen molar-refractivity contribution in [3.63, 3.8) is 0 Å². The van der Waals surface area contributed by atoms with Gasteiger partial charge >= 0.3 is 0 Å². The fraction of sp³-hybridized carbons (Fsp3) is 0.333. The number of hydrogen-bond acceptors (Lipinski definition) is 4. The number of carbonyl (C=O) groups excluding carboxylic acids is 1. The second kappa shape index (κ2) is 10.7. The van der Waals surface area contributed by atoms with Crippen molar-refractivity contribution < 1.29 is 4.79 Å². The molecular weight excluding hydrogens is 158 g/mol. The van der Waals surface area contributed by atoms with Crippen LogP contribution in [0.4, 0.5) is 0 Å². The lowest BCUT2D eigenvalue weighted by Crippen LogP contribution is -2.40. The minimum Gasteiger partial charge on any atom is -0.278 e. The first kappa shape index (κ1) is 11.6. The van der Waals surface area contributed by atoms with Gasteiger partial charge in [-0.1, -0.05) is 12.2 Å². The topological polar surface area (TPSA) is 67.2 Å². The summed E-state index contributed by atoms with van der Waals surface area (Å²) in [5.74, 6) is 4.45. The number of carbonyl (C=O) groups is 1. The summed E-state index contributed by atoms with van der Waals surface area (Å²) in [5, 5.41) is 0.